The average molecular weight is 424 g/mol. The van der Waals surface area contributed by atoms with Crippen molar-refractivity contribution in [3.05, 3.63) is 22.4 Å². The van der Waals surface area contributed by atoms with Crippen LogP contribution in [-0.4, -0.2) is 44.6 Å². The van der Waals surface area contributed by atoms with Crippen LogP contribution in [0.4, 0.5) is 0 Å². The van der Waals surface area contributed by atoms with Crippen molar-refractivity contribution in [1.29, 1.82) is 0 Å². The third-order valence-electron chi connectivity index (χ3n) is 2.82. The quantitative estimate of drug-likeness (QED) is 0.402. The fraction of sp³-hybridized carbons (Fsp3) is 0.667. The molecule has 0 aliphatic heterocycles. The molecular formula is C15H29IN4S. The van der Waals surface area contributed by atoms with E-state index in [1.54, 1.807) is 11.3 Å². The van der Waals surface area contributed by atoms with Gasteiger partial charge < -0.3 is 15.5 Å². The van der Waals surface area contributed by atoms with E-state index in [0.29, 0.717) is 0 Å². The molecule has 1 heterocycles. The molecule has 122 valence electrons. The minimum absolute atomic E-state index is 0. The van der Waals surface area contributed by atoms with Crippen LogP contribution in [-0.2, 0) is 6.54 Å². The summed E-state index contributed by atoms with van der Waals surface area (Å²) in [7, 11) is 4.22. The fourth-order valence-corrected chi connectivity index (χ4v) is 2.79. The Bertz CT molecular complexity index is 402. The van der Waals surface area contributed by atoms with Gasteiger partial charge in [-0.3, -0.25) is 0 Å². The van der Waals surface area contributed by atoms with Gasteiger partial charge in [-0.2, -0.15) is 11.3 Å². The average Bonchev–Trinajstić information content (AvgIpc) is 2.84. The van der Waals surface area contributed by atoms with Crippen molar-refractivity contribution in [2.24, 2.45) is 10.4 Å². The van der Waals surface area contributed by atoms with Crippen LogP contribution >= 0.6 is 35.3 Å². The minimum Gasteiger partial charge on any atom is -0.357 e. The summed E-state index contributed by atoms with van der Waals surface area (Å²) in [6.45, 7) is 10.2. The van der Waals surface area contributed by atoms with Crippen molar-refractivity contribution >= 4 is 41.3 Å². The molecule has 2 N–H and O–H groups in total. The summed E-state index contributed by atoms with van der Waals surface area (Å²) in [5.74, 6) is 0.894. The Hall–Kier alpha value is -0.340. The zero-order valence-corrected chi connectivity index (χ0v) is 16.9. The second-order valence-electron chi connectivity index (χ2n) is 6.08. The lowest BCUT2D eigenvalue weighted by Gasteiger charge is -2.29. The highest BCUT2D eigenvalue weighted by molar-refractivity contribution is 14.0. The van der Waals surface area contributed by atoms with Crippen LogP contribution < -0.4 is 10.6 Å². The van der Waals surface area contributed by atoms with Crippen molar-refractivity contribution in [2.45, 2.75) is 27.3 Å². The van der Waals surface area contributed by atoms with Gasteiger partial charge >= 0.3 is 0 Å². The van der Waals surface area contributed by atoms with Crippen LogP contribution in [0.15, 0.2) is 21.8 Å². The van der Waals surface area contributed by atoms with Gasteiger partial charge in [-0.1, -0.05) is 13.8 Å². The molecule has 0 unspecified atom stereocenters. The molecule has 0 aliphatic rings. The lowest BCUT2D eigenvalue weighted by molar-refractivity contribution is 0.241. The van der Waals surface area contributed by atoms with Crippen LogP contribution in [0.5, 0.6) is 0 Å². The van der Waals surface area contributed by atoms with Gasteiger partial charge in [0.2, 0.25) is 0 Å². The summed E-state index contributed by atoms with van der Waals surface area (Å²) in [6.07, 6.45) is 0. The third-order valence-corrected chi connectivity index (χ3v) is 3.55. The Balaban J connectivity index is 0.00000400. The number of halogens is 1. The van der Waals surface area contributed by atoms with Gasteiger partial charge in [-0.05, 0) is 48.8 Å². The van der Waals surface area contributed by atoms with Crippen molar-refractivity contribution in [2.75, 3.05) is 33.7 Å². The molecule has 4 nitrogen and oxygen atoms in total. The zero-order chi connectivity index (χ0) is 15.0. The first-order chi connectivity index (χ1) is 9.43. The van der Waals surface area contributed by atoms with Gasteiger partial charge in [0.1, 0.15) is 0 Å². The molecule has 1 aromatic rings. The molecule has 0 aliphatic carbocycles. The summed E-state index contributed by atoms with van der Waals surface area (Å²) < 4.78 is 0. The van der Waals surface area contributed by atoms with Crippen molar-refractivity contribution in [1.82, 2.24) is 15.5 Å². The standard InChI is InChI=1S/C15H28N4S.HI/c1-6-16-14(17-9-13-7-8-20-10-13)18-11-15(2,3)12-19(4)5;/h7-8,10H,6,9,11-12H2,1-5H3,(H2,16,17,18);1H. The highest BCUT2D eigenvalue weighted by Gasteiger charge is 2.19. The zero-order valence-electron chi connectivity index (χ0n) is 13.8. The number of aliphatic imine (C=N–C) groups is 1. The van der Waals surface area contributed by atoms with E-state index in [1.165, 1.54) is 5.56 Å². The van der Waals surface area contributed by atoms with E-state index in [-0.39, 0.29) is 29.4 Å². The molecular weight excluding hydrogens is 395 g/mol. The predicted octanol–water partition coefficient (Wildman–Crippen LogP) is 3.01. The van der Waals surface area contributed by atoms with E-state index < -0.39 is 0 Å². The van der Waals surface area contributed by atoms with Gasteiger partial charge in [-0.25, -0.2) is 4.99 Å². The number of guanidine groups is 1. The molecule has 0 saturated heterocycles. The number of hydrogen-bond donors (Lipinski definition) is 2. The normalized spacial score (nSPS) is 12.2. The summed E-state index contributed by atoms with van der Waals surface area (Å²) in [5, 5.41) is 11.0. The molecule has 6 heteroatoms. The number of nitrogens with zero attached hydrogens (tertiary/aromatic N) is 2. The van der Waals surface area contributed by atoms with Crippen LogP contribution in [0.3, 0.4) is 0 Å². The Morgan fingerprint density at radius 1 is 1.33 bits per heavy atom. The topological polar surface area (TPSA) is 39.7 Å². The van der Waals surface area contributed by atoms with E-state index in [9.17, 15) is 0 Å². The number of nitrogens with one attached hydrogen (secondary N) is 2. The van der Waals surface area contributed by atoms with Crippen LogP contribution in [0.25, 0.3) is 0 Å². The van der Waals surface area contributed by atoms with Gasteiger partial charge in [-0.15, -0.1) is 24.0 Å². The molecule has 0 fully saturated rings. The number of rotatable bonds is 7. The SMILES string of the molecule is CCNC(=NCc1ccsc1)NCC(C)(C)CN(C)C.I. The molecule has 1 rings (SSSR count). The molecule has 0 saturated carbocycles. The minimum atomic E-state index is 0. The van der Waals surface area contributed by atoms with E-state index in [1.807, 2.05) is 0 Å². The second-order valence-corrected chi connectivity index (χ2v) is 6.86. The van der Waals surface area contributed by atoms with Gasteiger partial charge in [0.05, 0.1) is 6.54 Å². The molecule has 0 amide bonds. The first-order valence-corrected chi connectivity index (χ1v) is 8.05. The summed E-state index contributed by atoms with van der Waals surface area (Å²) in [6, 6.07) is 2.12. The lowest BCUT2D eigenvalue weighted by Crippen LogP contribution is -2.44. The van der Waals surface area contributed by atoms with Crippen molar-refractivity contribution in [3.63, 3.8) is 0 Å². The smallest absolute Gasteiger partial charge is 0.191 e. The van der Waals surface area contributed by atoms with E-state index in [4.69, 9.17) is 0 Å². The Labute approximate surface area is 150 Å². The number of hydrogen-bond acceptors (Lipinski definition) is 3. The molecule has 0 radical (unpaired) electrons. The first kappa shape index (κ1) is 20.7. The highest BCUT2D eigenvalue weighted by Crippen LogP contribution is 2.14. The Morgan fingerprint density at radius 2 is 2.05 bits per heavy atom. The molecule has 21 heavy (non-hydrogen) atoms. The van der Waals surface area contributed by atoms with Gasteiger partial charge in [0.15, 0.2) is 5.96 Å². The van der Waals surface area contributed by atoms with Gasteiger partial charge in [0, 0.05) is 19.6 Å². The first-order valence-electron chi connectivity index (χ1n) is 7.11. The van der Waals surface area contributed by atoms with E-state index in [2.05, 4.69) is 72.2 Å². The molecule has 1 aromatic heterocycles. The predicted molar refractivity (Wildman–Crippen MR) is 105 cm³/mol. The Kier molecular flexibility index (Phi) is 10.2. The van der Waals surface area contributed by atoms with Crippen LogP contribution in [0.2, 0.25) is 0 Å². The maximum Gasteiger partial charge on any atom is 0.191 e. The largest absolute Gasteiger partial charge is 0.357 e. The maximum atomic E-state index is 4.63. The van der Waals surface area contributed by atoms with Crippen LogP contribution in [0, 0.1) is 5.41 Å². The summed E-state index contributed by atoms with van der Waals surface area (Å²) in [5.41, 5.74) is 1.47. The maximum absolute atomic E-state index is 4.63. The van der Waals surface area contributed by atoms with E-state index >= 15 is 0 Å². The van der Waals surface area contributed by atoms with Crippen molar-refractivity contribution < 1.29 is 0 Å². The molecule has 0 bridgehead atoms. The molecule has 0 spiro atoms. The summed E-state index contributed by atoms with van der Waals surface area (Å²) >= 11 is 1.71. The molecule has 0 atom stereocenters. The highest BCUT2D eigenvalue weighted by atomic mass is 127. The van der Waals surface area contributed by atoms with Gasteiger partial charge in [0.25, 0.3) is 0 Å². The van der Waals surface area contributed by atoms with E-state index in [0.717, 1.165) is 32.1 Å². The Morgan fingerprint density at radius 3 is 2.57 bits per heavy atom. The fourth-order valence-electron chi connectivity index (χ4n) is 2.13. The second kappa shape index (κ2) is 10.4. The lowest BCUT2D eigenvalue weighted by atomic mass is 9.93. The molecule has 0 aromatic carbocycles. The summed E-state index contributed by atoms with van der Waals surface area (Å²) in [4.78, 5) is 6.84. The van der Waals surface area contributed by atoms with Crippen LogP contribution in [0.1, 0.15) is 26.3 Å². The monoisotopic (exact) mass is 424 g/mol. The number of thiophene rings is 1. The third kappa shape index (κ3) is 9.31. The van der Waals surface area contributed by atoms with Crippen molar-refractivity contribution in [3.8, 4) is 0 Å².